The van der Waals surface area contributed by atoms with Gasteiger partial charge < -0.3 is 19.9 Å². The van der Waals surface area contributed by atoms with E-state index in [4.69, 9.17) is 4.74 Å². The zero-order valence-electron chi connectivity index (χ0n) is 29.6. The summed E-state index contributed by atoms with van der Waals surface area (Å²) in [4.78, 5) is 60.1. The number of ether oxygens (including phenoxy) is 1. The van der Waals surface area contributed by atoms with Crippen LogP contribution in [0.5, 0.6) is 0 Å². The lowest BCUT2D eigenvalue weighted by Gasteiger charge is -2.39. The van der Waals surface area contributed by atoms with Crippen molar-refractivity contribution in [1.82, 2.24) is 20.0 Å². The van der Waals surface area contributed by atoms with Gasteiger partial charge in [0.25, 0.3) is 0 Å². The molecule has 5 atom stereocenters. The third-order valence-electron chi connectivity index (χ3n) is 9.56. The average molecular weight is 639 g/mol. The third-order valence-corrected chi connectivity index (χ3v) is 9.56. The van der Waals surface area contributed by atoms with Gasteiger partial charge in [0.15, 0.2) is 0 Å². The number of benzene rings is 1. The fourth-order valence-electron chi connectivity index (χ4n) is 6.82. The summed E-state index contributed by atoms with van der Waals surface area (Å²) in [6.07, 6.45) is 6.24. The molecule has 0 bridgehead atoms. The Bertz CT molecular complexity index is 1210. The van der Waals surface area contributed by atoms with E-state index in [-0.39, 0.29) is 59.8 Å². The highest BCUT2D eigenvalue weighted by Crippen LogP contribution is 2.27. The summed E-state index contributed by atoms with van der Waals surface area (Å²) >= 11 is 0. The maximum atomic E-state index is 14.0. The van der Waals surface area contributed by atoms with Crippen LogP contribution in [0.2, 0.25) is 0 Å². The van der Waals surface area contributed by atoms with Crippen molar-refractivity contribution in [2.75, 3.05) is 20.1 Å². The number of nitrogens with zero attached hydrogens (tertiary/aromatic N) is 3. The summed E-state index contributed by atoms with van der Waals surface area (Å²) in [5, 5.41) is 3.10. The Labute approximate surface area is 277 Å². The van der Waals surface area contributed by atoms with Crippen LogP contribution in [0.25, 0.3) is 0 Å². The number of likely N-dealkylation sites (N-methyl/N-ethyl adjacent to an activating group) is 1. The third kappa shape index (κ3) is 9.20. The fraction of sp³-hybridized carbons (Fsp3) is 0.676. The highest BCUT2D eigenvalue weighted by atomic mass is 16.5. The molecule has 46 heavy (non-hydrogen) atoms. The van der Waals surface area contributed by atoms with Gasteiger partial charge in [0, 0.05) is 25.2 Å². The van der Waals surface area contributed by atoms with Crippen molar-refractivity contribution in [2.24, 2.45) is 11.8 Å². The van der Waals surface area contributed by atoms with Crippen LogP contribution in [0.15, 0.2) is 42.0 Å². The Morgan fingerprint density at radius 2 is 1.59 bits per heavy atom. The van der Waals surface area contributed by atoms with Crippen molar-refractivity contribution in [3.8, 4) is 0 Å². The van der Waals surface area contributed by atoms with Gasteiger partial charge >= 0.3 is 5.97 Å². The first kappa shape index (κ1) is 37.3. The molecule has 0 radical (unpaired) electrons. The predicted molar refractivity (Wildman–Crippen MR) is 182 cm³/mol. The number of carbonyl (C=O) groups excluding carboxylic acids is 4. The van der Waals surface area contributed by atoms with Crippen LogP contribution in [0, 0.1) is 11.8 Å². The van der Waals surface area contributed by atoms with Gasteiger partial charge in [-0.2, -0.15) is 0 Å². The molecule has 1 aromatic carbocycles. The van der Waals surface area contributed by atoms with E-state index in [2.05, 4.69) is 24.1 Å². The summed E-state index contributed by atoms with van der Waals surface area (Å²) in [6, 6.07) is 7.96. The first-order valence-corrected chi connectivity index (χ1v) is 17.4. The second kappa shape index (κ2) is 17.1. The molecule has 3 amide bonds. The number of rotatable bonds is 13. The van der Waals surface area contributed by atoms with Crippen LogP contribution in [0.4, 0.5) is 0 Å². The van der Waals surface area contributed by atoms with Gasteiger partial charge in [0.2, 0.25) is 17.7 Å². The lowest BCUT2D eigenvalue weighted by atomic mass is 9.95. The first-order chi connectivity index (χ1) is 21.8. The molecule has 2 fully saturated rings. The largest absolute Gasteiger partial charge is 0.456 e. The molecule has 2 heterocycles. The number of esters is 1. The molecular weight excluding hydrogens is 580 g/mol. The lowest BCUT2D eigenvalue weighted by Crippen LogP contribution is -2.58. The van der Waals surface area contributed by atoms with Gasteiger partial charge in [-0.15, -0.1) is 0 Å². The predicted octanol–water partition coefficient (Wildman–Crippen LogP) is 5.50. The number of hydrogen-bond donors (Lipinski definition) is 1. The van der Waals surface area contributed by atoms with E-state index in [1.165, 1.54) is 0 Å². The Kier molecular flexibility index (Phi) is 13.8. The number of hydrogen-bond acceptors (Lipinski definition) is 6. The second-order valence-corrected chi connectivity index (χ2v) is 14.0. The summed E-state index contributed by atoms with van der Waals surface area (Å²) in [5.41, 5.74) is 1.41. The molecule has 9 nitrogen and oxygen atoms in total. The summed E-state index contributed by atoms with van der Waals surface area (Å²) in [6.45, 7) is 17.2. The van der Waals surface area contributed by atoms with E-state index >= 15 is 0 Å². The summed E-state index contributed by atoms with van der Waals surface area (Å²) < 4.78 is 5.92. The van der Waals surface area contributed by atoms with Crippen molar-refractivity contribution in [2.45, 2.75) is 130 Å². The van der Waals surface area contributed by atoms with E-state index in [1.54, 1.807) is 23.8 Å². The molecule has 9 heteroatoms. The van der Waals surface area contributed by atoms with Crippen LogP contribution in [-0.2, 0) is 23.9 Å². The maximum Gasteiger partial charge on any atom is 0.329 e. The van der Waals surface area contributed by atoms with Gasteiger partial charge in [0.05, 0.1) is 12.1 Å². The molecule has 3 rings (SSSR count). The molecule has 1 N–H and O–H groups in total. The standard InChI is InChI=1S/C37H58N4O5/c1-10-32(28-17-12-11-13-18-28)46-37(45)30-20-16-22-41(30)35(43)27(8)23-31(24(2)3)39(9)36(44)33(25(4)5)38-34(42)29-19-14-15-21-40(29)26(6)7/h11-13,17-18,23-26,29-33H,10,14-16,19-22H2,1-9H3,(H,38,42)/t29-,30+,31-,32-,33+/m1/s1. The number of piperidine rings is 1. The van der Waals surface area contributed by atoms with Crippen LogP contribution >= 0.6 is 0 Å². The highest BCUT2D eigenvalue weighted by molar-refractivity contribution is 5.96. The SMILES string of the molecule is CC[C@@H](OC(=O)[C@@H]1CCCN1C(=O)C(C)=C[C@H](C(C)C)N(C)C(=O)[C@@H](NC(=O)[C@H]1CCCCN1C(C)C)C(C)C)c1ccccc1. The molecule has 0 aliphatic carbocycles. The average Bonchev–Trinajstić information content (AvgIpc) is 3.54. The molecule has 0 spiro atoms. The molecule has 2 saturated heterocycles. The van der Waals surface area contributed by atoms with Crippen molar-refractivity contribution < 1.29 is 23.9 Å². The van der Waals surface area contributed by atoms with Crippen LogP contribution < -0.4 is 5.32 Å². The molecule has 2 aliphatic heterocycles. The monoisotopic (exact) mass is 638 g/mol. The zero-order chi connectivity index (χ0) is 34.1. The van der Waals surface area contributed by atoms with Gasteiger partial charge in [-0.05, 0) is 76.8 Å². The normalized spacial score (nSPS) is 21.3. The van der Waals surface area contributed by atoms with Crippen molar-refractivity contribution >= 4 is 23.7 Å². The van der Waals surface area contributed by atoms with Gasteiger partial charge in [-0.3, -0.25) is 19.3 Å². The van der Waals surface area contributed by atoms with Crippen LogP contribution in [0.3, 0.4) is 0 Å². The van der Waals surface area contributed by atoms with E-state index in [0.29, 0.717) is 25.0 Å². The molecular formula is C37H58N4O5. The molecule has 0 aromatic heterocycles. The van der Waals surface area contributed by atoms with Crippen molar-refractivity contribution in [3.63, 3.8) is 0 Å². The van der Waals surface area contributed by atoms with E-state index in [9.17, 15) is 19.2 Å². The number of likely N-dealkylation sites (tertiary alicyclic amines) is 2. The number of nitrogens with one attached hydrogen (secondary N) is 1. The Morgan fingerprint density at radius 3 is 2.17 bits per heavy atom. The Morgan fingerprint density at radius 1 is 0.935 bits per heavy atom. The summed E-state index contributed by atoms with van der Waals surface area (Å²) in [5.74, 6) is -0.995. The fourth-order valence-corrected chi connectivity index (χ4v) is 6.82. The minimum absolute atomic E-state index is 0.00511. The number of amides is 3. The molecule has 256 valence electrons. The van der Waals surface area contributed by atoms with E-state index < -0.39 is 12.1 Å². The minimum Gasteiger partial charge on any atom is -0.456 e. The van der Waals surface area contributed by atoms with Gasteiger partial charge in [-0.25, -0.2) is 4.79 Å². The maximum absolute atomic E-state index is 14.0. The zero-order valence-corrected chi connectivity index (χ0v) is 29.6. The quantitative estimate of drug-likeness (QED) is 0.226. The molecule has 0 unspecified atom stereocenters. The molecule has 0 saturated carbocycles. The van der Waals surface area contributed by atoms with Gasteiger partial charge in [0.1, 0.15) is 18.2 Å². The smallest absolute Gasteiger partial charge is 0.329 e. The van der Waals surface area contributed by atoms with Crippen molar-refractivity contribution in [1.29, 1.82) is 0 Å². The summed E-state index contributed by atoms with van der Waals surface area (Å²) in [7, 11) is 1.74. The Hall–Kier alpha value is -3.20. The van der Waals surface area contributed by atoms with E-state index in [0.717, 1.165) is 37.8 Å². The number of carbonyl (C=O) groups is 4. The minimum atomic E-state index is -0.687. The van der Waals surface area contributed by atoms with Crippen LogP contribution in [-0.4, -0.2) is 88.7 Å². The topological polar surface area (TPSA) is 99.3 Å². The highest BCUT2D eigenvalue weighted by Gasteiger charge is 2.38. The van der Waals surface area contributed by atoms with Gasteiger partial charge in [-0.1, -0.05) is 77.4 Å². The Balaban J connectivity index is 1.74. The van der Waals surface area contributed by atoms with Crippen LogP contribution in [0.1, 0.15) is 106 Å². The van der Waals surface area contributed by atoms with E-state index in [1.807, 2.05) is 71.0 Å². The molecule has 1 aromatic rings. The molecule has 2 aliphatic rings. The second-order valence-electron chi connectivity index (χ2n) is 14.0. The lowest BCUT2D eigenvalue weighted by molar-refractivity contribution is -0.157. The van der Waals surface area contributed by atoms with Crippen molar-refractivity contribution in [3.05, 3.63) is 47.5 Å². The first-order valence-electron chi connectivity index (χ1n) is 17.4.